The summed E-state index contributed by atoms with van der Waals surface area (Å²) in [7, 11) is 0. The summed E-state index contributed by atoms with van der Waals surface area (Å²) < 4.78 is 1.61. The van der Waals surface area contributed by atoms with E-state index >= 15 is 0 Å². The molecular formula is C29H21N5O5. The van der Waals surface area contributed by atoms with E-state index in [2.05, 4.69) is 4.90 Å². The van der Waals surface area contributed by atoms with Crippen molar-refractivity contribution in [1.82, 2.24) is 14.5 Å². The third kappa shape index (κ3) is 2.54. The molecule has 4 aromatic rings. The quantitative estimate of drug-likeness (QED) is 0.227. The number of carbonyl (C=O) groups excluding carboxylic acids is 2. The molecule has 4 aliphatic heterocycles. The first-order chi connectivity index (χ1) is 18.9. The Morgan fingerprint density at radius 2 is 1.74 bits per heavy atom. The smallest absolute Gasteiger partial charge is 0.271 e. The van der Waals surface area contributed by atoms with Crippen molar-refractivity contribution in [3.05, 3.63) is 105 Å². The van der Waals surface area contributed by atoms with Gasteiger partial charge in [-0.05, 0) is 43.7 Å². The van der Waals surface area contributed by atoms with Gasteiger partial charge in [-0.2, -0.15) is 0 Å². The molecule has 0 saturated carbocycles. The average Bonchev–Trinajstić information content (AvgIpc) is 3.66. The fraction of sp³-hybridized carbons (Fsp3) is 0.241. The molecule has 0 radical (unpaired) electrons. The lowest BCUT2D eigenvalue weighted by Gasteiger charge is -2.38. The number of nitro benzene ring substituents is 1. The first-order valence-electron chi connectivity index (χ1n) is 13.0. The number of rotatable bonds is 2. The summed E-state index contributed by atoms with van der Waals surface area (Å²) >= 11 is 0. The molecule has 8 rings (SSSR count). The number of hydrogen-bond acceptors (Lipinski definition) is 7. The van der Waals surface area contributed by atoms with Crippen molar-refractivity contribution in [2.45, 2.75) is 24.4 Å². The Kier molecular flexibility index (Phi) is 4.26. The Balaban J connectivity index is 1.42. The lowest BCUT2D eigenvalue weighted by Crippen LogP contribution is -2.51. The molecule has 4 unspecified atom stereocenters. The Labute approximate surface area is 221 Å². The maximum absolute atomic E-state index is 14.4. The van der Waals surface area contributed by atoms with E-state index in [9.17, 15) is 24.5 Å². The minimum Gasteiger partial charge on any atom is -0.283 e. The second-order valence-electron chi connectivity index (χ2n) is 10.6. The van der Waals surface area contributed by atoms with Crippen LogP contribution < -0.4 is 10.5 Å². The van der Waals surface area contributed by atoms with Crippen LogP contribution in [0.25, 0.3) is 16.6 Å². The van der Waals surface area contributed by atoms with Gasteiger partial charge in [0, 0.05) is 23.7 Å². The number of carbonyl (C=O) groups is 2. The van der Waals surface area contributed by atoms with Gasteiger partial charge in [0.05, 0.1) is 39.0 Å². The number of fused-ring (bicyclic) bond motifs is 11. The number of benzene rings is 3. The fourth-order valence-corrected chi connectivity index (χ4v) is 7.61. The summed E-state index contributed by atoms with van der Waals surface area (Å²) in [5, 5.41) is 11.9. The molecule has 10 nitrogen and oxygen atoms in total. The molecule has 4 aliphatic rings. The zero-order valence-corrected chi connectivity index (χ0v) is 20.6. The molecule has 0 N–H and O–H groups in total. The minimum absolute atomic E-state index is 0.184. The van der Waals surface area contributed by atoms with E-state index in [1.807, 2.05) is 30.3 Å². The summed E-state index contributed by atoms with van der Waals surface area (Å²) in [6, 6.07) is 20.1. The van der Waals surface area contributed by atoms with Gasteiger partial charge in [-0.3, -0.25) is 34.0 Å². The van der Waals surface area contributed by atoms with E-state index in [1.165, 1.54) is 18.2 Å². The van der Waals surface area contributed by atoms with Crippen molar-refractivity contribution in [3.63, 3.8) is 0 Å². The molecular weight excluding hydrogens is 498 g/mol. The van der Waals surface area contributed by atoms with Crippen LogP contribution in [0.15, 0.2) is 77.6 Å². The van der Waals surface area contributed by atoms with Crippen LogP contribution in [0, 0.1) is 22.0 Å². The largest absolute Gasteiger partial charge is 0.283 e. The Hall–Kier alpha value is -4.70. The molecule has 0 aliphatic carbocycles. The zero-order chi connectivity index (χ0) is 26.6. The van der Waals surface area contributed by atoms with Gasteiger partial charge in [-0.15, -0.1) is 0 Å². The maximum Gasteiger partial charge on any atom is 0.271 e. The highest BCUT2D eigenvalue weighted by Crippen LogP contribution is 2.62. The molecule has 2 amide bonds. The van der Waals surface area contributed by atoms with Crippen molar-refractivity contribution in [2.75, 3.05) is 11.4 Å². The summed E-state index contributed by atoms with van der Waals surface area (Å²) in [5.41, 5.74) is 0.636. The highest BCUT2D eigenvalue weighted by Gasteiger charge is 2.73. The zero-order valence-electron chi connectivity index (χ0n) is 20.6. The van der Waals surface area contributed by atoms with Gasteiger partial charge in [0.2, 0.25) is 11.8 Å². The first kappa shape index (κ1) is 22.3. The highest BCUT2D eigenvalue weighted by atomic mass is 16.6. The van der Waals surface area contributed by atoms with Crippen molar-refractivity contribution in [3.8, 4) is 5.69 Å². The maximum atomic E-state index is 14.4. The van der Waals surface area contributed by atoms with Crippen molar-refractivity contribution in [2.24, 2.45) is 11.8 Å². The first-order valence-corrected chi connectivity index (χ1v) is 13.0. The molecule has 192 valence electrons. The minimum atomic E-state index is -1.12. The lowest BCUT2D eigenvalue weighted by molar-refractivity contribution is -0.384. The molecule has 3 saturated heterocycles. The van der Waals surface area contributed by atoms with Gasteiger partial charge < -0.3 is 0 Å². The number of anilines is 1. The number of hydrogen-bond donors (Lipinski definition) is 0. The summed E-state index contributed by atoms with van der Waals surface area (Å²) in [4.78, 5) is 61.7. The molecule has 1 spiro atoms. The van der Waals surface area contributed by atoms with E-state index < -0.39 is 28.2 Å². The fourth-order valence-electron chi connectivity index (χ4n) is 7.61. The molecule has 39 heavy (non-hydrogen) atoms. The predicted octanol–water partition coefficient (Wildman–Crippen LogP) is 3.13. The van der Waals surface area contributed by atoms with Crippen LogP contribution in [0.3, 0.4) is 0 Å². The van der Waals surface area contributed by atoms with Crippen molar-refractivity contribution < 1.29 is 14.5 Å². The molecule has 3 fully saturated rings. The monoisotopic (exact) mass is 519 g/mol. The van der Waals surface area contributed by atoms with Crippen molar-refractivity contribution >= 4 is 34.1 Å². The van der Waals surface area contributed by atoms with E-state index in [1.54, 1.807) is 28.8 Å². The van der Waals surface area contributed by atoms with E-state index in [4.69, 9.17) is 4.98 Å². The standard InChI is InChI=1S/C29H21N5O5/c35-25-18-9-1-3-11-20(18)30-28-29(19-10-2-4-12-21(19)33(25)28)24-23(22-13-6-14-31(22)29)26(36)32(27(24)37)16-7-5-8-17(15-16)34(38)39/h1-5,7-12,15,22-24H,6,13-14H2. The van der Waals surface area contributed by atoms with Crippen LogP contribution in [0.5, 0.6) is 0 Å². The molecule has 1 aromatic heterocycles. The average molecular weight is 520 g/mol. The SMILES string of the molecule is O=C1C2C3CCCN3C3(c4ccccc4-n4c3nc3ccccc3c4=O)C2C(=O)N1c1cccc([N+](=O)[O-])c1. The van der Waals surface area contributed by atoms with Crippen LogP contribution in [0.2, 0.25) is 0 Å². The third-order valence-corrected chi connectivity index (χ3v) is 8.94. The van der Waals surface area contributed by atoms with E-state index in [-0.39, 0.29) is 28.9 Å². The molecule has 0 bridgehead atoms. The van der Waals surface area contributed by atoms with Gasteiger partial charge in [-0.25, -0.2) is 9.88 Å². The van der Waals surface area contributed by atoms with Gasteiger partial charge in [-0.1, -0.05) is 36.4 Å². The predicted molar refractivity (Wildman–Crippen MR) is 140 cm³/mol. The number of para-hydroxylation sites is 2. The highest BCUT2D eigenvalue weighted by molar-refractivity contribution is 6.23. The van der Waals surface area contributed by atoms with Crippen LogP contribution >= 0.6 is 0 Å². The topological polar surface area (TPSA) is 119 Å². The van der Waals surface area contributed by atoms with Crippen LogP contribution in [0.1, 0.15) is 24.2 Å². The normalized spacial score (nSPS) is 26.8. The Morgan fingerprint density at radius 3 is 2.59 bits per heavy atom. The third-order valence-electron chi connectivity index (χ3n) is 8.94. The number of amides is 2. The lowest BCUT2D eigenvalue weighted by atomic mass is 9.75. The number of nitrogens with zero attached hydrogens (tertiary/aromatic N) is 5. The Morgan fingerprint density at radius 1 is 0.949 bits per heavy atom. The van der Waals surface area contributed by atoms with Crippen LogP contribution in [-0.4, -0.2) is 43.8 Å². The number of non-ortho nitro benzene ring substituents is 1. The van der Waals surface area contributed by atoms with E-state index in [0.29, 0.717) is 29.0 Å². The van der Waals surface area contributed by atoms with Gasteiger partial charge in [0.1, 0.15) is 11.4 Å². The van der Waals surface area contributed by atoms with Crippen LogP contribution in [-0.2, 0) is 15.1 Å². The van der Waals surface area contributed by atoms with Gasteiger partial charge in [0.25, 0.3) is 11.2 Å². The molecule has 3 aromatic carbocycles. The second-order valence-corrected chi connectivity index (χ2v) is 10.6. The molecule has 4 atom stereocenters. The Bertz CT molecular complexity index is 1850. The summed E-state index contributed by atoms with van der Waals surface area (Å²) in [6.07, 6.45) is 1.57. The number of nitro groups is 1. The van der Waals surface area contributed by atoms with Gasteiger partial charge in [0.15, 0.2) is 0 Å². The van der Waals surface area contributed by atoms with Gasteiger partial charge >= 0.3 is 0 Å². The molecule has 5 heterocycles. The van der Waals surface area contributed by atoms with Crippen LogP contribution in [0.4, 0.5) is 11.4 Å². The molecule has 10 heteroatoms. The summed E-state index contributed by atoms with van der Waals surface area (Å²) in [6.45, 7) is 0.659. The summed E-state index contributed by atoms with van der Waals surface area (Å²) in [5.74, 6) is -1.84. The van der Waals surface area contributed by atoms with Crippen molar-refractivity contribution in [1.29, 1.82) is 0 Å². The number of imide groups is 1. The second kappa shape index (κ2) is 7.45. The van der Waals surface area contributed by atoms with E-state index in [0.717, 1.165) is 23.3 Å². The number of aromatic nitrogens is 2.